The van der Waals surface area contributed by atoms with Crippen molar-refractivity contribution in [2.75, 3.05) is 18.2 Å². The summed E-state index contributed by atoms with van der Waals surface area (Å²) in [5, 5.41) is 2.04. The lowest BCUT2D eigenvalue weighted by molar-refractivity contribution is -0.119. The van der Waals surface area contributed by atoms with E-state index in [1.807, 2.05) is 5.32 Å². The number of para-hydroxylation sites is 1. The second-order valence-corrected chi connectivity index (χ2v) is 5.27. The van der Waals surface area contributed by atoms with E-state index in [4.69, 9.17) is 4.74 Å². The van der Waals surface area contributed by atoms with E-state index >= 15 is 0 Å². The monoisotopic (exact) mass is 337 g/mol. The summed E-state index contributed by atoms with van der Waals surface area (Å²) in [4.78, 5) is 24.3. The van der Waals surface area contributed by atoms with E-state index < -0.39 is 35.8 Å². The lowest BCUT2D eigenvalue weighted by atomic mass is 10.2. The molecule has 120 valence electrons. The van der Waals surface area contributed by atoms with E-state index in [-0.39, 0.29) is 0 Å². The zero-order chi connectivity index (χ0) is 16.8. The number of esters is 1. The maximum Gasteiger partial charge on any atom is 0.339 e. The molecular weight excluding hydrogens is 324 g/mol. The van der Waals surface area contributed by atoms with Gasteiger partial charge in [-0.25, -0.2) is 13.6 Å². The summed E-state index contributed by atoms with van der Waals surface area (Å²) in [6.07, 6.45) is 1.81. The van der Waals surface area contributed by atoms with Crippen LogP contribution in [0.4, 0.5) is 14.5 Å². The summed E-state index contributed by atoms with van der Waals surface area (Å²) >= 11 is 1.36. The van der Waals surface area contributed by atoms with Crippen molar-refractivity contribution in [3.8, 4) is 0 Å². The highest BCUT2D eigenvalue weighted by molar-refractivity contribution is 7.98. The Bertz CT molecular complexity index is 717. The molecule has 2 aromatic carbocycles. The minimum absolute atomic E-state index is 0.324. The zero-order valence-corrected chi connectivity index (χ0v) is 13.0. The standard InChI is InChI=1S/C16H13F2NO3S/c1-23-13-8-3-2-5-10(13)16(21)22-9-14(20)19-15-11(17)6-4-7-12(15)18/h2-8H,9H2,1H3,(H,19,20). The topological polar surface area (TPSA) is 55.4 Å². The van der Waals surface area contributed by atoms with Gasteiger partial charge in [-0.05, 0) is 30.5 Å². The Morgan fingerprint density at radius 3 is 2.39 bits per heavy atom. The number of amides is 1. The fourth-order valence-electron chi connectivity index (χ4n) is 1.81. The Morgan fingerprint density at radius 1 is 1.09 bits per heavy atom. The van der Waals surface area contributed by atoms with Crippen LogP contribution in [0.3, 0.4) is 0 Å². The highest BCUT2D eigenvalue weighted by Gasteiger charge is 2.16. The first-order chi connectivity index (χ1) is 11.0. The van der Waals surface area contributed by atoms with Crippen molar-refractivity contribution < 1.29 is 23.1 Å². The molecule has 1 N–H and O–H groups in total. The van der Waals surface area contributed by atoms with Crippen LogP contribution in [0.25, 0.3) is 0 Å². The number of rotatable bonds is 5. The average Bonchev–Trinajstić information content (AvgIpc) is 2.56. The SMILES string of the molecule is CSc1ccccc1C(=O)OCC(=O)Nc1c(F)cccc1F. The van der Waals surface area contributed by atoms with Crippen LogP contribution in [0.1, 0.15) is 10.4 Å². The van der Waals surface area contributed by atoms with Crippen LogP contribution in [0.2, 0.25) is 0 Å². The predicted octanol–water partition coefficient (Wildman–Crippen LogP) is 3.48. The molecule has 1 amide bonds. The van der Waals surface area contributed by atoms with E-state index in [0.717, 1.165) is 12.1 Å². The number of thioether (sulfide) groups is 1. The highest BCUT2D eigenvalue weighted by atomic mass is 32.2. The number of halogens is 2. The third kappa shape index (κ3) is 4.29. The van der Waals surface area contributed by atoms with Crippen molar-refractivity contribution in [2.24, 2.45) is 0 Å². The number of nitrogens with one attached hydrogen (secondary N) is 1. The first-order valence-electron chi connectivity index (χ1n) is 6.57. The maximum atomic E-state index is 13.4. The smallest absolute Gasteiger partial charge is 0.339 e. The highest BCUT2D eigenvalue weighted by Crippen LogP contribution is 2.21. The summed E-state index contributed by atoms with van der Waals surface area (Å²) in [6.45, 7) is -0.644. The zero-order valence-electron chi connectivity index (χ0n) is 12.1. The van der Waals surface area contributed by atoms with Gasteiger partial charge in [0.15, 0.2) is 6.61 Å². The van der Waals surface area contributed by atoms with E-state index in [1.165, 1.54) is 17.8 Å². The van der Waals surface area contributed by atoms with Gasteiger partial charge >= 0.3 is 5.97 Å². The molecule has 0 atom stereocenters. The molecule has 0 unspecified atom stereocenters. The van der Waals surface area contributed by atoms with Crippen LogP contribution < -0.4 is 5.32 Å². The number of hydrogen-bond acceptors (Lipinski definition) is 4. The fourth-order valence-corrected chi connectivity index (χ4v) is 2.40. The van der Waals surface area contributed by atoms with Gasteiger partial charge < -0.3 is 10.1 Å². The summed E-state index contributed by atoms with van der Waals surface area (Å²) in [5.74, 6) is -3.32. The van der Waals surface area contributed by atoms with Gasteiger partial charge in [0.2, 0.25) is 0 Å². The van der Waals surface area contributed by atoms with E-state index in [1.54, 1.807) is 30.5 Å². The molecule has 0 radical (unpaired) electrons. The Kier molecular flexibility index (Phi) is 5.70. The molecule has 2 aromatic rings. The van der Waals surface area contributed by atoms with Gasteiger partial charge in [-0.1, -0.05) is 18.2 Å². The van der Waals surface area contributed by atoms with Crippen LogP contribution in [0.15, 0.2) is 47.4 Å². The van der Waals surface area contributed by atoms with E-state index in [0.29, 0.717) is 10.5 Å². The molecule has 0 aliphatic rings. The Balaban J connectivity index is 1.98. The van der Waals surface area contributed by atoms with Gasteiger partial charge in [0, 0.05) is 4.90 Å². The van der Waals surface area contributed by atoms with Gasteiger partial charge in [0.05, 0.1) is 5.56 Å². The quantitative estimate of drug-likeness (QED) is 0.670. The van der Waals surface area contributed by atoms with Gasteiger partial charge in [-0.3, -0.25) is 4.79 Å². The number of carbonyl (C=O) groups excluding carboxylic acids is 2. The summed E-state index contributed by atoms with van der Waals surface area (Å²) in [5.41, 5.74) is -0.247. The first kappa shape index (κ1) is 17.0. The minimum atomic E-state index is -0.905. The van der Waals surface area contributed by atoms with Crippen molar-refractivity contribution in [3.63, 3.8) is 0 Å². The predicted molar refractivity (Wildman–Crippen MR) is 83.5 cm³/mol. The van der Waals surface area contributed by atoms with Gasteiger partial charge in [-0.15, -0.1) is 11.8 Å². The number of ether oxygens (including phenoxy) is 1. The van der Waals surface area contributed by atoms with E-state index in [9.17, 15) is 18.4 Å². The summed E-state index contributed by atoms with van der Waals surface area (Å²) < 4.78 is 31.7. The molecule has 23 heavy (non-hydrogen) atoms. The molecule has 0 aliphatic heterocycles. The number of carbonyl (C=O) groups is 2. The summed E-state index contributed by atoms with van der Waals surface area (Å²) in [6, 6.07) is 9.97. The third-order valence-electron chi connectivity index (χ3n) is 2.89. The molecule has 0 heterocycles. The molecule has 0 aromatic heterocycles. The molecule has 0 saturated heterocycles. The average molecular weight is 337 g/mol. The Hall–Kier alpha value is -2.41. The van der Waals surface area contributed by atoms with Crippen LogP contribution in [-0.2, 0) is 9.53 Å². The maximum absolute atomic E-state index is 13.4. The van der Waals surface area contributed by atoms with Crippen LogP contribution in [0.5, 0.6) is 0 Å². The summed E-state index contributed by atoms with van der Waals surface area (Å²) in [7, 11) is 0. The number of anilines is 1. The van der Waals surface area contributed by atoms with Crippen molar-refractivity contribution in [2.45, 2.75) is 4.90 Å². The second kappa shape index (κ2) is 7.73. The molecule has 4 nitrogen and oxygen atoms in total. The molecule has 7 heteroatoms. The minimum Gasteiger partial charge on any atom is -0.452 e. The molecule has 0 spiro atoms. The van der Waals surface area contributed by atoms with Crippen LogP contribution in [-0.4, -0.2) is 24.7 Å². The molecule has 2 rings (SSSR count). The molecule has 0 saturated carbocycles. The molecule has 0 bridgehead atoms. The lowest BCUT2D eigenvalue weighted by Crippen LogP contribution is -2.22. The lowest BCUT2D eigenvalue weighted by Gasteiger charge is -2.09. The largest absolute Gasteiger partial charge is 0.452 e. The van der Waals surface area contributed by atoms with Gasteiger partial charge in [-0.2, -0.15) is 0 Å². The van der Waals surface area contributed by atoms with Crippen molar-refractivity contribution in [1.29, 1.82) is 0 Å². The second-order valence-electron chi connectivity index (χ2n) is 4.42. The first-order valence-corrected chi connectivity index (χ1v) is 7.79. The van der Waals surface area contributed by atoms with E-state index in [2.05, 4.69) is 0 Å². The van der Waals surface area contributed by atoms with Crippen molar-refractivity contribution >= 4 is 29.3 Å². The Labute approximate surface area is 135 Å². The van der Waals surface area contributed by atoms with Crippen molar-refractivity contribution in [1.82, 2.24) is 0 Å². The van der Waals surface area contributed by atoms with Gasteiger partial charge in [0.25, 0.3) is 5.91 Å². The van der Waals surface area contributed by atoms with Crippen LogP contribution >= 0.6 is 11.8 Å². The van der Waals surface area contributed by atoms with Gasteiger partial charge in [0.1, 0.15) is 17.3 Å². The molecule has 0 fully saturated rings. The third-order valence-corrected chi connectivity index (χ3v) is 3.68. The number of benzene rings is 2. The number of hydrogen-bond donors (Lipinski definition) is 1. The molecule has 0 aliphatic carbocycles. The van der Waals surface area contributed by atoms with Crippen molar-refractivity contribution in [3.05, 3.63) is 59.7 Å². The normalized spacial score (nSPS) is 10.2. The fraction of sp³-hybridized carbons (Fsp3) is 0.125. The molecular formula is C16H13F2NO3S. The Morgan fingerprint density at radius 2 is 1.74 bits per heavy atom. The van der Waals surface area contributed by atoms with Crippen LogP contribution in [0, 0.1) is 11.6 Å².